The van der Waals surface area contributed by atoms with E-state index in [9.17, 15) is 4.79 Å². The van der Waals surface area contributed by atoms with Crippen molar-refractivity contribution in [3.8, 4) is 11.5 Å². The number of amides is 2. The normalized spacial score (nSPS) is 15.8. The zero-order chi connectivity index (χ0) is 18.2. The quantitative estimate of drug-likeness (QED) is 0.903. The van der Waals surface area contributed by atoms with Gasteiger partial charge in [-0.3, -0.25) is 10.00 Å². The van der Waals surface area contributed by atoms with Crippen LogP contribution in [0.15, 0.2) is 18.2 Å². The van der Waals surface area contributed by atoms with Crippen LogP contribution in [0.5, 0.6) is 11.5 Å². The predicted octanol–water partition coefficient (Wildman–Crippen LogP) is 2.34. The van der Waals surface area contributed by atoms with E-state index in [1.165, 1.54) is 0 Å². The number of nitrogens with one attached hydrogen (secondary N) is 1. The largest absolute Gasteiger partial charge is 0.497 e. The number of aryl methyl sites for hydroxylation is 2. The van der Waals surface area contributed by atoms with E-state index < -0.39 is 5.60 Å². The molecule has 0 bridgehead atoms. The summed E-state index contributed by atoms with van der Waals surface area (Å²) < 4.78 is 13.0. The predicted molar refractivity (Wildman–Crippen MR) is 92.9 cm³/mol. The molecule has 1 N–H and O–H groups in total. The molecular formula is C17H23N5O3. The first kappa shape index (κ1) is 17.1. The first-order chi connectivity index (χ1) is 11.8. The number of carbonyl (C=O) groups is 1. The summed E-state index contributed by atoms with van der Waals surface area (Å²) in [5.41, 5.74) is 0.384. The molecule has 8 heteroatoms. The molecule has 8 nitrogen and oxygen atoms in total. The highest BCUT2D eigenvalue weighted by Gasteiger charge is 2.32. The average Bonchev–Trinajstić information content (AvgIpc) is 2.77. The van der Waals surface area contributed by atoms with Gasteiger partial charge < -0.3 is 14.4 Å². The van der Waals surface area contributed by atoms with Gasteiger partial charge >= 0.3 is 6.03 Å². The van der Waals surface area contributed by atoms with Crippen LogP contribution in [0.4, 0.5) is 10.7 Å². The fourth-order valence-electron chi connectivity index (χ4n) is 2.77. The van der Waals surface area contributed by atoms with Crippen molar-refractivity contribution in [1.82, 2.24) is 19.7 Å². The first-order valence-corrected chi connectivity index (χ1v) is 8.07. The zero-order valence-electron chi connectivity index (χ0n) is 15.2. The van der Waals surface area contributed by atoms with Gasteiger partial charge in [-0.05, 0) is 32.9 Å². The molecule has 2 aromatic rings. The number of fused-ring (bicyclic) bond motifs is 1. The molecule has 134 valence electrons. The lowest BCUT2D eigenvalue weighted by Gasteiger charge is -2.29. The molecule has 2 heterocycles. The lowest BCUT2D eigenvalue weighted by atomic mass is 10.1. The van der Waals surface area contributed by atoms with Gasteiger partial charge in [0.2, 0.25) is 5.95 Å². The second-order valence-corrected chi connectivity index (χ2v) is 6.73. The van der Waals surface area contributed by atoms with Crippen LogP contribution >= 0.6 is 0 Å². The molecule has 1 aliphatic heterocycles. The highest BCUT2D eigenvalue weighted by Crippen LogP contribution is 2.32. The second kappa shape index (κ2) is 6.27. The molecule has 1 aromatic heterocycles. The maximum absolute atomic E-state index is 12.7. The third-order valence-corrected chi connectivity index (χ3v) is 4.08. The van der Waals surface area contributed by atoms with Crippen molar-refractivity contribution in [2.24, 2.45) is 7.05 Å². The van der Waals surface area contributed by atoms with Gasteiger partial charge in [0.1, 0.15) is 22.9 Å². The number of aromatic nitrogens is 3. The van der Waals surface area contributed by atoms with Gasteiger partial charge in [0.15, 0.2) is 0 Å². The Morgan fingerprint density at radius 3 is 2.80 bits per heavy atom. The third-order valence-electron chi connectivity index (χ3n) is 4.08. The molecule has 0 saturated heterocycles. The van der Waals surface area contributed by atoms with Crippen molar-refractivity contribution in [2.45, 2.75) is 32.9 Å². The Bertz CT molecular complexity index is 780. The standard InChI is InChI=1S/C17H23N5O3/c1-11-18-15(20-21(11)4)19-16(23)22-9-12-6-7-13(24-5)8-14(12)25-17(2,3)10-22/h6-8H,9-10H2,1-5H3,(H,19,20,23). The summed E-state index contributed by atoms with van der Waals surface area (Å²) in [5.74, 6) is 2.47. The van der Waals surface area contributed by atoms with Crippen LogP contribution in [0.25, 0.3) is 0 Å². The maximum atomic E-state index is 12.7. The molecule has 1 aliphatic rings. The Hall–Kier alpha value is -2.77. The number of anilines is 1. The van der Waals surface area contributed by atoms with Crippen LogP contribution < -0.4 is 14.8 Å². The van der Waals surface area contributed by atoms with Crippen LogP contribution in [0.2, 0.25) is 0 Å². The lowest BCUT2D eigenvalue weighted by Crippen LogP contribution is -2.45. The first-order valence-electron chi connectivity index (χ1n) is 8.07. The van der Waals surface area contributed by atoms with Gasteiger partial charge in [0.25, 0.3) is 0 Å². The average molecular weight is 345 g/mol. The topological polar surface area (TPSA) is 81.5 Å². The van der Waals surface area contributed by atoms with Crippen molar-refractivity contribution in [2.75, 3.05) is 19.0 Å². The number of ether oxygens (including phenoxy) is 2. The Balaban J connectivity index is 1.84. The minimum absolute atomic E-state index is 0.258. The molecular weight excluding hydrogens is 322 g/mol. The molecule has 0 aliphatic carbocycles. The SMILES string of the molecule is COc1ccc2c(c1)OC(C)(C)CN(C(=O)Nc1nc(C)n(C)n1)C2. The minimum atomic E-state index is -0.539. The molecule has 1 aromatic carbocycles. The molecule has 0 atom stereocenters. The smallest absolute Gasteiger partial charge is 0.324 e. The monoisotopic (exact) mass is 345 g/mol. The fourth-order valence-corrected chi connectivity index (χ4v) is 2.77. The molecule has 25 heavy (non-hydrogen) atoms. The Labute approximate surface area is 146 Å². The number of hydrogen-bond acceptors (Lipinski definition) is 5. The van der Waals surface area contributed by atoms with Crippen LogP contribution in [0.3, 0.4) is 0 Å². The summed E-state index contributed by atoms with van der Waals surface area (Å²) in [6.45, 7) is 6.59. The van der Waals surface area contributed by atoms with Crippen LogP contribution in [0, 0.1) is 6.92 Å². The number of carbonyl (C=O) groups excluding carboxylic acids is 1. The number of hydrogen-bond donors (Lipinski definition) is 1. The molecule has 0 unspecified atom stereocenters. The van der Waals surface area contributed by atoms with Crippen molar-refractivity contribution in [1.29, 1.82) is 0 Å². The molecule has 2 amide bonds. The molecule has 0 saturated carbocycles. The van der Waals surface area contributed by atoms with Crippen molar-refractivity contribution >= 4 is 12.0 Å². The number of methoxy groups -OCH3 is 1. The third kappa shape index (κ3) is 3.67. The van der Waals surface area contributed by atoms with E-state index in [1.807, 2.05) is 39.0 Å². The van der Waals surface area contributed by atoms with E-state index in [-0.39, 0.29) is 6.03 Å². The van der Waals surface area contributed by atoms with E-state index in [2.05, 4.69) is 15.4 Å². The van der Waals surface area contributed by atoms with E-state index in [1.54, 1.807) is 23.7 Å². The zero-order valence-corrected chi connectivity index (χ0v) is 15.2. The number of rotatable bonds is 2. The van der Waals surface area contributed by atoms with Gasteiger partial charge in [0, 0.05) is 18.7 Å². The highest BCUT2D eigenvalue weighted by molar-refractivity contribution is 5.87. The Morgan fingerprint density at radius 1 is 1.40 bits per heavy atom. The van der Waals surface area contributed by atoms with E-state index >= 15 is 0 Å². The number of benzene rings is 1. The summed E-state index contributed by atoms with van der Waals surface area (Å²) in [6, 6.07) is 5.37. The van der Waals surface area contributed by atoms with Crippen LogP contribution in [0.1, 0.15) is 25.2 Å². The molecule has 0 fully saturated rings. The van der Waals surface area contributed by atoms with Gasteiger partial charge in [-0.2, -0.15) is 4.98 Å². The summed E-state index contributed by atoms with van der Waals surface area (Å²) in [4.78, 5) is 18.6. The van der Waals surface area contributed by atoms with E-state index in [0.29, 0.717) is 19.0 Å². The second-order valence-electron chi connectivity index (χ2n) is 6.73. The van der Waals surface area contributed by atoms with Crippen molar-refractivity contribution < 1.29 is 14.3 Å². The van der Waals surface area contributed by atoms with E-state index in [0.717, 1.165) is 22.9 Å². The highest BCUT2D eigenvalue weighted by atomic mass is 16.5. The molecule has 0 radical (unpaired) electrons. The number of nitrogens with zero attached hydrogens (tertiary/aromatic N) is 4. The van der Waals surface area contributed by atoms with Gasteiger partial charge in [-0.25, -0.2) is 4.79 Å². The Morgan fingerprint density at radius 2 is 2.16 bits per heavy atom. The summed E-state index contributed by atoms with van der Waals surface area (Å²) in [7, 11) is 3.40. The van der Waals surface area contributed by atoms with Gasteiger partial charge in [-0.1, -0.05) is 0 Å². The van der Waals surface area contributed by atoms with Gasteiger partial charge in [-0.15, -0.1) is 5.10 Å². The van der Waals surface area contributed by atoms with E-state index in [4.69, 9.17) is 9.47 Å². The van der Waals surface area contributed by atoms with Crippen molar-refractivity contribution in [3.05, 3.63) is 29.6 Å². The molecule has 0 spiro atoms. The minimum Gasteiger partial charge on any atom is -0.497 e. The van der Waals surface area contributed by atoms with Crippen molar-refractivity contribution in [3.63, 3.8) is 0 Å². The number of urea groups is 1. The molecule has 3 rings (SSSR count). The van der Waals surface area contributed by atoms with Crippen LogP contribution in [-0.2, 0) is 13.6 Å². The maximum Gasteiger partial charge on any atom is 0.324 e. The Kier molecular flexibility index (Phi) is 4.28. The summed E-state index contributed by atoms with van der Waals surface area (Å²) in [5, 5.41) is 6.93. The summed E-state index contributed by atoms with van der Waals surface area (Å²) in [6.07, 6.45) is 0. The lowest BCUT2D eigenvalue weighted by molar-refractivity contribution is 0.0832. The van der Waals surface area contributed by atoms with Gasteiger partial charge in [0.05, 0.1) is 20.2 Å². The fraction of sp³-hybridized carbons (Fsp3) is 0.471. The van der Waals surface area contributed by atoms with Crippen LogP contribution in [-0.4, -0.2) is 45.0 Å². The summed E-state index contributed by atoms with van der Waals surface area (Å²) >= 11 is 0.